The highest BCUT2D eigenvalue weighted by atomic mass is 35.5. The van der Waals surface area contributed by atoms with Crippen LogP contribution in [0.2, 0.25) is 0 Å². The van der Waals surface area contributed by atoms with Crippen molar-refractivity contribution in [2.45, 2.75) is 26.2 Å². The van der Waals surface area contributed by atoms with Crippen LogP contribution >= 0.6 is 24.2 Å². The minimum absolute atomic E-state index is 0. The number of nitrogens with two attached hydrogens (primary N) is 1. The number of nitrogens with one attached hydrogen (secondary N) is 1. The summed E-state index contributed by atoms with van der Waals surface area (Å²) in [5, 5.41) is 2.82. The molecule has 0 aliphatic carbocycles. The molecule has 2 rings (SSSR count). The molecule has 0 saturated carbocycles. The smallest absolute Gasteiger partial charge is 0.231 e. The van der Waals surface area contributed by atoms with Crippen LogP contribution in [0.4, 0.5) is 11.4 Å². The molecule has 1 aromatic carbocycles. The second-order valence-electron chi connectivity index (χ2n) is 4.56. The molecule has 0 saturated heterocycles. The molecule has 0 atom stereocenters. The molecule has 0 aromatic heterocycles. The highest BCUT2D eigenvalue weighted by Gasteiger charge is 2.17. The Hall–Kier alpha value is -1.27. The number of amides is 1. The van der Waals surface area contributed by atoms with Gasteiger partial charge in [-0.3, -0.25) is 4.79 Å². The maximum absolute atomic E-state index is 11.8. The standard InChI is InChI=1S/C14H20N2O3S.ClH/c1-2-3-5-20-6-4-14(17)16-11-8-13-12(7-10(11)15)18-9-19-13;/h7-8H,2-6,9,15H2,1H3,(H,16,17);1H. The first-order valence-electron chi connectivity index (χ1n) is 6.77. The topological polar surface area (TPSA) is 73.6 Å². The molecule has 1 aliphatic heterocycles. The number of carbonyl (C=O) groups excluding carboxylic acids is 1. The molecular formula is C14H21ClN2O3S. The summed E-state index contributed by atoms with van der Waals surface area (Å²) in [6.45, 7) is 2.36. The van der Waals surface area contributed by atoms with Crippen LogP contribution in [0.1, 0.15) is 26.2 Å². The fourth-order valence-corrected chi connectivity index (χ4v) is 2.82. The monoisotopic (exact) mass is 332 g/mol. The van der Waals surface area contributed by atoms with Crippen molar-refractivity contribution in [2.75, 3.05) is 29.3 Å². The average molecular weight is 333 g/mol. The summed E-state index contributed by atoms with van der Waals surface area (Å²) < 4.78 is 10.5. The molecule has 5 nitrogen and oxygen atoms in total. The molecule has 21 heavy (non-hydrogen) atoms. The Morgan fingerprint density at radius 1 is 1.33 bits per heavy atom. The zero-order chi connectivity index (χ0) is 14.4. The second-order valence-corrected chi connectivity index (χ2v) is 5.78. The Kier molecular flexibility index (Phi) is 7.53. The van der Waals surface area contributed by atoms with E-state index in [1.807, 2.05) is 0 Å². The molecule has 0 fully saturated rings. The Morgan fingerprint density at radius 2 is 2.05 bits per heavy atom. The molecule has 7 heteroatoms. The number of unbranched alkanes of at least 4 members (excludes halogenated alkanes) is 1. The second kappa shape index (κ2) is 8.89. The Balaban J connectivity index is 0.00000220. The van der Waals surface area contributed by atoms with Gasteiger partial charge in [0, 0.05) is 24.3 Å². The Labute approximate surface area is 135 Å². The number of anilines is 2. The van der Waals surface area contributed by atoms with Gasteiger partial charge < -0.3 is 20.5 Å². The van der Waals surface area contributed by atoms with Crippen LogP contribution in [0.25, 0.3) is 0 Å². The third-order valence-electron chi connectivity index (χ3n) is 2.93. The van der Waals surface area contributed by atoms with Crippen LogP contribution in [-0.2, 0) is 4.79 Å². The summed E-state index contributed by atoms with van der Waals surface area (Å²) in [7, 11) is 0. The third kappa shape index (κ3) is 5.21. The quantitative estimate of drug-likeness (QED) is 0.592. The summed E-state index contributed by atoms with van der Waals surface area (Å²) in [5.74, 6) is 3.15. The predicted molar refractivity (Wildman–Crippen MR) is 89.7 cm³/mol. The molecular weight excluding hydrogens is 312 g/mol. The number of halogens is 1. The minimum Gasteiger partial charge on any atom is -0.454 e. The van der Waals surface area contributed by atoms with E-state index in [1.54, 1.807) is 23.9 Å². The Morgan fingerprint density at radius 3 is 2.76 bits per heavy atom. The van der Waals surface area contributed by atoms with Gasteiger partial charge in [0.1, 0.15) is 0 Å². The van der Waals surface area contributed by atoms with Gasteiger partial charge in [-0.25, -0.2) is 0 Å². The van der Waals surface area contributed by atoms with Crippen molar-refractivity contribution < 1.29 is 14.3 Å². The molecule has 118 valence electrons. The van der Waals surface area contributed by atoms with Gasteiger partial charge in [0.2, 0.25) is 12.7 Å². The first kappa shape index (κ1) is 17.8. The van der Waals surface area contributed by atoms with Crippen molar-refractivity contribution in [3.05, 3.63) is 12.1 Å². The van der Waals surface area contributed by atoms with Gasteiger partial charge in [0.05, 0.1) is 11.4 Å². The zero-order valence-electron chi connectivity index (χ0n) is 12.0. The number of carbonyl (C=O) groups is 1. The number of benzene rings is 1. The molecule has 1 aliphatic rings. The average Bonchev–Trinajstić information content (AvgIpc) is 2.86. The van der Waals surface area contributed by atoms with E-state index < -0.39 is 0 Å². The van der Waals surface area contributed by atoms with E-state index >= 15 is 0 Å². The van der Waals surface area contributed by atoms with Crippen LogP contribution in [0.5, 0.6) is 11.5 Å². The van der Waals surface area contributed by atoms with Crippen LogP contribution < -0.4 is 20.5 Å². The van der Waals surface area contributed by atoms with E-state index in [1.165, 1.54) is 12.8 Å². The van der Waals surface area contributed by atoms with Gasteiger partial charge in [0.25, 0.3) is 0 Å². The predicted octanol–water partition coefficient (Wildman–Crippen LogP) is 3.28. The zero-order valence-corrected chi connectivity index (χ0v) is 13.6. The molecule has 1 amide bonds. The number of hydrogen-bond acceptors (Lipinski definition) is 5. The van der Waals surface area contributed by atoms with Crippen molar-refractivity contribution in [1.29, 1.82) is 0 Å². The lowest BCUT2D eigenvalue weighted by Gasteiger charge is -2.09. The highest BCUT2D eigenvalue weighted by Crippen LogP contribution is 2.38. The highest BCUT2D eigenvalue weighted by molar-refractivity contribution is 7.99. The van der Waals surface area contributed by atoms with Gasteiger partial charge in [-0.1, -0.05) is 13.3 Å². The van der Waals surface area contributed by atoms with Gasteiger partial charge in [0.15, 0.2) is 11.5 Å². The van der Waals surface area contributed by atoms with Crippen molar-refractivity contribution in [2.24, 2.45) is 0 Å². The van der Waals surface area contributed by atoms with Crippen molar-refractivity contribution >= 4 is 41.5 Å². The molecule has 0 bridgehead atoms. The molecule has 1 heterocycles. The van der Waals surface area contributed by atoms with Crippen LogP contribution in [0.3, 0.4) is 0 Å². The summed E-state index contributed by atoms with van der Waals surface area (Å²) in [6, 6.07) is 3.38. The molecule has 3 N–H and O–H groups in total. The molecule has 0 spiro atoms. The third-order valence-corrected chi connectivity index (χ3v) is 4.00. The lowest BCUT2D eigenvalue weighted by atomic mass is 10.2. The molecule has 0 radical (unpaired) electrons. The summed E-state index contributed by atoms with van der Waals surface area (Å²) >= 11 is 1.80. The van der Waals surface area contributed by atoms with Gasteiger partial charge in [-0.15, -0.1) is 12.4 Å². The summed E-state index contributed by atoms with van der Waals surface area (Å²) in [5.41, 5.74) is 6.95. The maximum atomic E-state index is 11.8. The summed E-state index contributed by atoms with van der Waals surface area (Å²) in [6.07, 6.45) is 2.87. The number of rotatable bonds is 7. The van der Waals surface area contributed by atoms with E-state index in [-0.39, 0.29) is 25.1 Å². The van der Waals surface area contributed by atoms with Crippen LogP contribution in [0, 0.1) is 0 Å². The fourth-order valence-electron chi connectivity index (χ4n) is 1.79. The van der Waals surface area contributed by atoms with Crippen molar-refractivity contribution in [1.82, 2.24) is 0 Å². The lowest BCUT2D eigenvalue weighted by molar-refractivity contribution is -0.115. The van der Waals surface area contributed by atoms with E-state index in [0.717, 1.165) is 11.5 Å². The Bertz CT molecular complexity index is 486. The SMILES string of the molecule is CCCCSCCC(=O)Nc1cc2c(cc1N)OCO2.Cl. The maximum Gasteiger partial charge on any atom is 0.231 e. The van der Waals surface area contributed by atoms with Crippen molar-refractivity contribution in [3.63, 3.8) is 0 Å². The largest absolute Gasteiger partial charge is 0.454 e. The van der Waals surface area contributed by atoms with E-state index in [2.05, 4.69) is 12.2 Å². The summed E-state index contributed by atoms with van der Waals surface area (Å²) in [4.78, 5) is 11.8. The van der Waals surface area contributed by atoms with Crippen LogP contribution in [-0.4, -0.2) is 24.2 Å². The molecule has 1 aromatic rings. The number of ether oxygens (including phenoxy) is 2. The van der Waals surface area contributed by atoms with Gasteiger partial charge >= 0.3 is 0 Å². The van der Waals surface area contributed by atoms with Crippen molar-refractivity contribution in [3.8, 4) is 11.5 Å². The van der Waals surface area contributed by atoms with E-state index in [4.69, 9.17) is 15.2 Å². The number of hydrogen-bond donors (Lipinski definition) is 2. The van der Waals surface area contributed by atoms with Gasteiger partial charge in [-0.05, 0) is 12.2 Å². The number of nitrogen functional groups attached to an aromatic ring is 1. The normalized spacial score (nSPS) is 11.9. The number of thioether (sulfide) groups is 1. The molecule has 0 unspecified atom stereocenters. The number of fused-ring (bicyclic) bond motifs is 1. The minimum atomic E-state index is -0.0282. The first-order chi connectivity index (χ1) is 9.70. The van der Waals surface area contributed by atoms with Crippen LogP contribution in [0.15, 0.2) is 12.1 Å². The van der Waals surface area contributed by atoms with Gasteiger partial charge in [-0.2, -0.15) is 11.8 Å². The lowest BCUT2D eigenvalue weighted by Crippen LogP contribution is -2.13. The van der Waals surface area contributed by atoms with E-state index in [0.29, 0.717) is 29.3 Å². The first-order valence-corrected chi connectivity index (χ1v) is 7.93. The fraction of sp³-hybridized carbons (Fsp3) is 0.500. The van der Waals surface area contributed by atoms with E-state index in [9.17, 15) is 4.79 Å².